The van der Waals surface area contributed by atoms with Gasteiger partial charge < -0.3 is 14.7 Å². The zero-order chi connectivity index (χ0) is 18.7. The summed E-state index contributed by atoms with van der Waals surface area (Å²) in [4.78, 5) is 29.7. The number of amides is 2. The molecule has 0 saturated carbocycles. The molecule has 2 heterocycles. The van der Waals surface area contributed by atoms with Crippen molar-refractivity contribution in [2.75, 3.05) is 31.7 Å². The number of carbonyl (C=O) groups excluding carboxylic acids is 2. The van der Waals surface area contributed by atoms with Crippen LogP contribution in [0.4, 0.5) is 5.69 Å². The van der Waals surface area contributed by atoms with Gasteiger partial charge in [-0.25, -0.2) is 4.90 Å². The Bertz CT molecular complexity index is 828. The van der Waals surface area contributed by atoms with Gasteiger partial charge in [0.05, 0.1) is 24.5 Å². The van der Waals surface area contributed by atoms with Gasteiger partial charge in [-0.3, -0.25) is 9.59 Å². The average Bonchev–Trinajstić information content (AvgIpc) is 3.23. The van der Waals surface area contributed by atoms with Crippen LogP contribution in [0.5, 0.6) is 5.75 Å². The van der Waals surface area contributed by atoms with Crippen molar-refractivity contribution in [3.05, 3.63) is 52.4 Å². The number of carbonyl (C=O) groups is 2. The van der Waals surface area contributed by atoms with Crippen molar-refractivity contribution >= 4 is 34.4 Å². The molecule has 1 N–H and O–H groups in total. The number of benzene rings is 1. The van der Waals surface area contributed by atoms with Crippen LogP contribution in [0.2, 0.25) is 0 Å². The number of ether oxygens (including phenoxy) is 1. The summed E-state index contributed by atoms with van der Waals surface area (Å²) in [7, 11) is 1.70. The summed E-state index contributed by atoms with van der Waals surface area (Å²) >= 11 is 1.40. The lowest BCUT2D eigenvalue weighted by atomic mass is 10.2. The maximum Gasteiger partial charge on any atom is 0.282 e. The van der Waals surface area contributed by atoms with Crippen molar-refractivity contribution in [1.29, 1.82) is 0 Å². The van der Waals surface area contributed by atoms with Crippen LogP contribution in [0.25, 0.3) is 5.57 Å². The van der Waals surface area contributed by atoms with Crippen LogP contribution in [-0.4, -0.2) is 48.6 Å². The number of hydrogen-bond donors (Lipinski definition) is 1. The molecule has 1 aliphatic heterocycles. The van der Waals surface area contributed by atoms with Gasteiger partial charge in [-0.1, -0.05) is 6.07 Å². The van der Waals surface area contributed by atoms with Gasteiger partial charge in [0.25, 0.3) is 11.8 Å². The first-order chi connectivity index (χ1) is 12.6. The molecule has 7 heteroatoms. The third kappa shape index (κ3) is 3.23. The highest BCUT2D eigenvalue weighted by Crippen LogP contribution is 2.36. The van der Waals surface area contributed by atoms with Gasteiger partial charge in [-0.2, -0.15) is 0 Å². The van der Waals surface area contributed by atoms with Crippen molar-refractivity contribution in [2.45, 2.75) is 6.92 Å². The minimum absolute atomic E-state index is 0.109. The lowest BCUT2D eigenvalue weighted by molar-refractivity contribution is -0.120. The second-order valence-corrected chi connectivity index (χ2v) is 6.67. The normalized spacial score (nSPS) is 14.3. The van der Waals surface area contributed by atoms with E-state index in [4.69, 9.17) is 4.74 Å². The maximum absolute atomic E-state index is 13.1. The summed E-state index contributed by atoms with van der Waals surface area (Å²) in [5.74, 6) is -0.0701. The van der Waals surface area contributed by atoms with E-state index in [1.807, 2.05) is 24.4 Å². The summed E-state index contributed by atoms with van der Waals surface area (Å²) in [5, 5.41) is 11.1. The van der Waals surface area contributed by atoms with Crippen LogP contribution in [0.1, 0.15) is 11.8 Å². The van der Waals surface area contributed by atoms with E-state index in [0.29, 0.717) is 29.3 Å². The summed E-state index contributed by atoms with van der Waals surface area (Å²) in [6.07, 6.45) is 0. The predicted octanol–water partition coefficient (Wildman–Crippen LogP) is 2.36. The molecule has 0 aliphatic carbocycles. The maximum atomic E-state index is 13.1. The van der Waals surface area contributed by atoms with E-state index in [1.54, 1.807) is 36.2 Å². The summed E-state index contributed by atoms with van der Waals surface area (Å²) in [6.45, 7) is 2.59. The van der Waals surface area contributed by atoms with Crippen molar-refractivity contribution in [2.24, 2.45) is 0 Å². The highest BCUT2D eigenvalue weighted by molar-refractivity contribution is 7.11. The number of hydrogen-bond acceptors (Lipinski definition) is 6. The molecule has 0 radical (unpaired) electrons. The molecular formula is C19H20N2O4S. The zero-order valence-corrected chi connectivity index (χ0v) is 15.5. The number of aliphatic hydroxyl groups excluding tert-OH is 1. The lowest BCUT2D eigenvalue weighted by Crippen LogP contribution is -2.34. The zero-order valence-electron chi connectivity index (χ0n) is 14.6. The molecule has 136 valence electrons. The Balaban J connectivity index is 2.01. The van der Waals surface area contributed by atoms with Crippen LogP contribution in [0.3, 0.4) is 0 Å². The number of thiophene rings is 1. The third-order valence-corrected chi connectivity index (χ3v) is 4.94. The largest absolute Gasteiger partial charge is 0.494 e. The second-order valence-electron chi connectivity index (χ2n) is 5.72. The molecule has 0 spiro atoms. The molecule has 0 bridgehead atoms. The molecular weight excluding hydrogens is 352 g/mol. The molecule has 26 heavy (non-hydrogen) atoms. The number of nitrogens with zero attached hydrogens (tertiary/aromatic N) is 2. The fourth-order valence-corrected chi connectivity index (χ4v) is 3.63. The summed E-state index contributed by atoms with van der Waals surface area (Å²) in [5.41, 5.74) is 1.17. The van der Waals surface area contributed by atoms with Crippen LogP contribution >= 0.6 is 11.3 Å². The molecule has 0 fully saturated rings. The molecule has 1 aliphatic rings. The average molecular weight is 372 g/mol. The molecule has 0 saturated heterocycles. The summed E-state index contributed by atoms with van der Waals surface area (Å²) in [6, 6.07) is 10.5. The van der Waals surface area contributed by atoms with Gasteiger partial charge in [0.1, 0.15) is 11.4 Å². The quantitative estimate of drug-likeness (QED) is 0.756. The Labute approximate surface area is 155 Å². The molecule has 0 unspecified atom stereocenters. The first-order valence-electron chi connectivity index (χ1n) is 8.30. The van der Waals surface area contributed by atoms with Crippen molar-refractivity contribution in [3.8, 4) is 5.75 Å². The molecule has 2 aromatic rings. The Hall–Kier alpha value is -2.64. The number of rotatable bonds is 7. The van der Waals surface area contributed by atoms with E-state index in [1.165, 1.54) is 16.2 Å². The molecule has 1 aromatic heterocycles. The SMILES string of the molecule is CCOc1ccc(N2C(=O)C(c3cccs3)=C(N(C)CCO)C2=O)cc1. The van der Waals surface area contributed by atoms with Crippen molar-refractivity contribution in [1.82, 2.24) is 4.90 Å². The topological polar surface area (TPSA) is 70.1 Å². The summed E-state index contributed by atoms with van der Waals surface area (Å²) < 4.78 is 5.42. The highest BCUT2D eigenvalue weighted by Gasteiger charge is 2.42. The lowest BCUT2D eigenvalue weighted by Gasteiger charge is -2.20. The molecule has 2 amide bonds. The van der Waals surface area contributed by atoms with Gasteiger partial charge in [0, 0.05) is 18.5 Å². The first kappa shape index (κ1) is 18.2. The molecule has 0 atom stereocenters. The van der Waals surface area contributed by atoms with Crippen LogP contribution in [0, 0.1) is 0 Å². The van der Waals surface area contributed by atoms with E-state index < -0.39 is 5.91 Å². The minimum atomic E-state index is -0.390. The Morgan fingerprint density at radius 1 is 1.15 bits per heavy atom. The van der Waals surface area contributed by atoms with Crippen LogP contribution in [-0.2, 0) is 9.59 Å². The Morgan fingerprint density at radius 2 is 1.88 bits per heavy atom. The molecule has 3 rings (SSSR count). The standard InChI is InChI=1S/C19H20N2O4S/c1-3-25-14-8-6-13(7-9-14)21-18(23)16(15-5-4-12-26-15)17(19(21)24)20(2)10-11-22/h4-9,12,22H,3,10-11H2,1-2H3. The third-order valence-electron chi connectivity index (χ3n) is 4.05. The van der Waals surface area contributed by atoms with E-state index in [-0.39, 0.29) is 19.1 Å². The Kier molecular flexibility index (Phi) is 5.39. The van der Waals surface area contributed by atoms with Gasteiger partial charge >= 0.3 is 0 Å². The van der Waals surface area contributed by atoms with Gasteiger partial charge in [0.2, 0.25) is 0 Å². The van der Waals surface area contributed by atoms with Gasteiger partial charge in [-0.15, -0.1) is 11.3 Å². The van der Waals surface area contributed by atoms with Gasteiger partial charge in [-0.05, 0) is 42.6 Å². The number of likely N-dealkylation sites (N-methyl/N-ethyl adjacent to an activating group) is 1. The second kappa shape index (κ2) is 7.72. The molecule has 1 aromatic carbocycles. The number of imide groups is 1. The van der Waals surface area contributed by atoms with E-state index in [2.05, 4.69) is 0 Å². The fraction of sp³-hybridized carbons (Fsp3) is 0.263. The first-order valence-corrected chi connectivity index (χ1v) is 9.18. The monoisotopic (exact) mass is 372 g/mol. The van der Waals surface area contributed by atoms with Crippen molar-refractivity contribution in [3.63, 3.8) is 0 Å². The van der Waals surface area contributed by atoms with E-state index in [0.717, 1.165) is 4.88 Å². The van der Waals surface area contributed by atoms with Gasteiger partial charge in [0.15, 0.2) is 0 Å². The number of anilines is 1. The minimum Gasteiger partial charge on any atom is -0.494 e. The van der Waals surface area contributed by atoms with Crippen LogP contribution in [0.15, 0.2) is 47.5 Å². The van der Waals surface area contributed by atoms with E-state index in [9.17, 15) is 14.7 Å². The van der Waals surface area contributed by atoms with E-state index >= 15 is 0 Å². The molecule has 6 nitrogen and oxygen atoms in total. The highest BCUT2D eigenvalue weighted by atomic mass is 32.1. The van der Waals surface area contributed by atoms with Crippen molar-refractivity contribution < 1.29 is 19.4 Å². The van der Waals surface area contributed by atoms with Crippen LogP contribution < -0.4 is 9.64 Å². The smallest absolute Gasteiger partial charge is 0.282 e. The fourth-order valence-electron chi connectivity index (χ4n) is 2.87. The number of aliphatic hydroxyl groups is 1. The Morgan fingerprint density at radius 3 is 2.46 bits per heavy atom. The predicted molar refractivity (Wildman–Crippen MR) is 101 cm³/mol.